The van der Waals surface area contributed by atoms with Gasteiger partial charge in [0.25, 0.3) is 0 Å². The van der Waals surface area contributed by atoms with Gasteiger partial charge in [0.05, 0.1) is 0 Å². The summed E-state index contributed by atoms with van der Waals surface area (Å²) >= 11 is -8.07. The summed E-state index contributed by atoms with van der Waals surface area (Å²) in [6, 6.07) is 105. The van der Waals surface area contributed by atoms with Gasteiger partial charge in [-0.2, -0.15) is 0 Å². The van der Waals surface area contributed by atoms with Crippen molar-refractivity contribution in [2.75, 3.05) is 0 Å². The fraction of sp³-hybridized carbons (Fsp3) is 0. The second kappa shape index (κ2) is 22.3. The second-order valence-corrected chi connectivity index (χ2v) is 41.2. The molecule has 1 aliphatic rings. The molecule has 0 unspecified atom stereocenters. The van der Waals surface area contributed by atoms with Crippen LogP contribution in [-0.2, 0) is 19.0 Å². The molecule has 1 aliphatic heterocycles. The van der Waals surface area contributed by atoms with E-state index in [9.17, 15) is 0 Å². The SMILES string of the molecule is c1cc[c]([Sb]2[O][Si](c3ccccc3)(c3ccccc3)O[Si](c3ccccc3)(c3ccccc3)[O][Sb]([c]3ccccc3)[O][Si](c3ccccc3)(c3ccccc3)O[Si](c3ccccc3)(c3ccccc3)[O]2)cc1. The number of hydrogen-bond acceptors (Lipinski definition) is 6. The van der Waals surface area contributed by atoms with E-state index < -0.39 is 76.3 Å². The molecule has 6 nitrogen and oxygen atoms in total. The summed E-state index contributed by atoms with van der Waals surface area (Å²) in [6.45, 7) is 0. The van der Waals surface area contributed by atoms with E-state index >= 15 is 0 Å². The van der Waals surface area contributed by atoms with Crippen LogP contribution >= 0.6 is 0 Å². The molecule has 0 atom stereocenters. The molecule has 0 aromatic heterocycles. The van der Waals surface area contributed by atoms with Gasteiger partial charge in [0.15, 0.2) is 0 Å². The van der Waals surface area contributed by atoms with Crippen molar-refractivity contribution >= 4 is 125 Å². The third kappa shape index (κ3) is 9.84. The normalized spacial score (nSPS) is 16.9. The maximum atomic E-state index is 8.66. The molecule has 1 saturated heterocycles. The third-order valence-corrected chi connectivity index (χ3v) is 46.2. The fourth-order valence-corrected chi connectivity index (χ4v) is 52.5. The number of rotatable bonds is 10. The first-order valence-corrected chi connectivity index (χ1v) is 37.9. The first-order valence-electron chi connectivity index (χ1n) is 23.9. The van der Waals surface area contributed by atoms with Crippen LogP contribution in [0.4, 0.5) is 0 Å². The van der Waals surface area contributed by atoms with Crippen LogP contribution in [0.15, 0.2) is 303 Å². The van der Waals surface area contributed by atoms with Crippen molar-refractivity contribution in [3.8, 4) is 0 Å². The molecule has 1 fully saturated rings. The molecule has 352 valence electrons. The topological polar surface area (TPSA) is 55.4 Å². The molecule has 1 heterocycles. The molecule has 72 heavy (non-hydrogen) atoms. The summed E-state index contributed by atoms with van der Waals surface area (Å²) in [4.78, 5) is 0. The van der Waals surface area contributed by atoms with E-state index in [0.29, 0.717) is 0 Å². The van der Waals surface area contributed by atoms with Crippen LogP contribution in [0.1, 0.15) is 0 Å². The summed E-state index contributed by atoms with van der Waals surface area (Å²) < 4.78 is 53.2. The monoisotopic (exact) mass is 1220 g/mol. The van der Waals surface area contributed by atoms with Crippen LogP contribution < -0.4 is 48.5 Å². The average molecular weight is 1220 g/mol. The molecule has 0 saturated carbocycles. The van der Waals surface area contributed by atoms with Gasteiger partial charge < -0.3 is 0 Å². The zero-order valence-corrected chi connectivity index (χ0v) is 48.3. The molecule has 0 bridgehead atoms. The maximum absolute atomic E-state index is 8.66. The van der Waals surface area contributed by atoms with E-state index in [1.807, 2.05) is 0 Å². The molecule has 11 rings (SSSR count). The van der Waals surface area contributed by atoms with E-state index in [4.69, 9.17) is 19.0 Å². The molecule has 0 radical (unpaired) electrons. The average Bonchev–Trinajstić information content (AvgIpc) is 3.47. The number of hydrogen-bond donors (Lipinski definition) is 0. The molecule has 10 aromatic carbocycles. The first kappa shape index (κ1) is 48.7. The van der Waals surface area contributed by atoms with Gasteiger partial charge in [0, 0.05) is 0 Å². The van der Waals surface area contributed by atoms with E-state index in [-0.39, 0.29) is 0 Å². The Kier molecular flexibility index (Phi) is 15.1. The second-order valence-electron chi connectivity index (χ2n) is 17.1. The zero-order chi connectivity index (χ0) is 48.5. The Bertz CT molecular complexity index is 2700. The molecule has 0 N–H and O–H groups in total. The summed E-state index contributed by atoms with van der Waals surface area (Å²) in [5, 5.41) is 7.47. The van der Waals surface area contributed by atoms with E-state index in [1.54, 1.807) is 0 Å². The Morgan fingerprint density at radius 2 is 0.319 bits per heavy atom. The standard InChI is InChI=1S/2C24H20O3Si2.2C6H5.2Sb/c2*25-28(21-13-5-1-6-14-21,22-15-7-2-8-16-22)27-29(26,23-17-9-3-10-18-23)24-19-11-4-12-20-24;2*1-2-4-6-5-3-1;;/h2*1-20H;2*1-5H;;/q2*-2;;;2*+2. The van der Waals surface area contributed by atoms with Gasteiger partial charge in [0.1, 0.15) is 0 Å². The van der Waals surface area contributed by atoms with E-state index in [2.05, 4.69) is 303 Å². The summed E-state index contributed by atoms with van der Waals surface area (Å²) in [5.41, 5.74) is 0. The van der Waals surface area contributed by atoms with E-state index in [0.717, 1.165) is 48.5 Å². The van der Waals surface area contributed by atoms with Crippen molar-refractivity contribution in [1.82, 2.24) is 0 Å². The van der Waals surface area contributed by atoms with Crippen LogP contribution in [0.5, 0.6) is 0 Å². The fourth-order valence-electron chi connectivity index (χ4n) is 9.11. The van der Waals surface area contributed by atoms with Gasteiger partial charge in [-0.05, 0) is 0 Å². The Balaban J connectivity index is 1.33. The quantitative estimate of drug-likeness (QED) is 0.159. The minimum absolute atomic E-state index is 0.934. The van der Waals surface area contributed by atoms with Crippen LogP contribution in [0.2, 0.25) is 0 Å². The Labute approximate surface area is 443 Å². The van der Waals surface area contributed by atoms with Gasteiger partial charge in [-0.15, -0.1) is 0 Å². The number of benzene rings is 10. The molecule has 12 heteroatoms. The van der Waals surface area contributed by atoms with Crippen molar-refractivity contribution in [2.24, 2.45) is 0 Å². The molecule has 10 aromatic rings. The molecule has 0 aliphatic carbocycles. The molecular weight excluding hydrogens is 1170 g/mol. The van der Waals surface area contributed by atoms with Gasteiger partial charge in [-0.1, -0.05) is 0 Å². The molecular formula is C60H50O6Sb2Si4. The van der Waals surface area contributed by atoms with Crippen molar-refractivity contribution < 1.29 is 19.0 Å². The van der Waals surface area contributed by atoms with E-state index in [1.165, 1.54) is 0 Å². The van der Waals surface area contributed by atoms with Gasteiger partial charge in [-0.25, -0.2) is 0 Å². The summed E-state index contributed by atoms with van der Waals surface area (Å²) in [7, 11) is -16.3. The minimum atomic E-state index is -4.07. The van der Waals surface area contributed by atoms with Crippen LogP contribution in [0, 0.1) is 0 Å². The Hall–Kier alpha value is -5.54. The van der Waals surface area contributed by atoms with Crippen molar-refractivity contribution in [3.63, 3.8) is 0 Å². The van der Waals surface area contributed by atoms with Crippen LogP contribution in [0.25, 0.3) is 0 Å². The predicted octanol–water partition coefficient (Wildman–Crippen LogP) is 5.92. The third-order valence-electron chi connectivity index (χ3n) is 12.6. The zero-order valence-electron chi connectivity index (χ0n) is 39.2. The van der Waals surface area contributed by atoms with Crippen molar-refractivity contribution in [2.45, 2.75) is 0 Å². The molecule has 0 spiro atoms. The van der Waals surface area contributed by atoms with Crippen molar-refractivity contribution in [3.05, 3.63) is 303 Å². The Morgan fingerprint density at radius 1 is 0.181 bits per heavy atom. The Morgan fingerprint density at radius 3 is 0.472 bits per heavy atom. The van der Waals surface area contributed by atoms with Gasteiger partial charge in [0.2, 0.25) is 0 Å². The first-order chi connectivity index (χ1) is 35.6. The molecule has 0 amide bonds. The van der Waals surface area contributed by atoms with Crippen LogP contribution in [0.3, 0.4) is 0 Å². The summed E-state index contributed by atoms with van der Waals surface area (Å²) in [6.07, 6.45) is 0. The van der Waals surface area contributed by atoms with Crippen LogP contribution in [-0.4, -0.2) is 76.3 Å². The van der Waals surface area contributed by atoms with Gasteiger partial charge >= 0.3 is 447 Å². The summed E-state index contributed by atoms with van der Waals surface area (Å²) in [5.74, 6) is 0. The predicted molar refractivity (Wildman–Crippen MR) is 302 cm³/mol. The van der Waals surface area contributed by atoms with Gasteiger partial charge in [-0.3, -0.25) is 0 Å². The van der Waals surface area contributed by atoms with Crippen molar-refractivity contribution in [1.29, 1.82) is 0 Å².